The molecule has 27 heavy (non-hydrogen) atoms. The summed E-state index contributed by atoms with van der Waals surface area (Å²) in [6, 6.07) is 15.5. The molecule has 2 aromatic carbocycles. The largest absolute Gasteiger partial charge is 0.328 e. The van der Waals surface area contributed by atoms with Gasteiger partial charge in [0.25, 0.3) is 5.91 Å². The number of benzene rings is 2. The highest BCUT2D eigenvalue weighted by Crippen LogP contribution is 2.23. The van der Waals surface area contributed by atoms with Crippen LogP contribution in [-0.2, 0) is 11.2 Å². The average Bonchev–Trinajstić information content (AvgIpc) is 3.19. The molecule has 0 radical (unpaired) electrons. The van der Waals surface area contributed by atoms with Gasteiger partial charge in [-0.15, -0.1) is 11.3 Å². The van der Waals surface area contributed by atoms with Crippen molar-refractivity contribution in [3.05, 3.63) is 87.6 Å². The van der Waals surface area contributed by atoms with Gasteiger partial charge in [0.15, 0.2) is 6.54 Å². The zero-order chi connectivity index (χ0) is 19.2. The van der Waals surface area contributed by atoms with E-state index in [4.69, 9.17) is 0 Å². The number of aryl methyl sites for hydroxylation is 1. The van der Waals surface area contributed by atoms with Crippen molar-refractivity contribution in [3.8, 4) is 0 Å². The number of carbonyl (C=O) groups is 1. The van der Waals surface area contributed by atoms with Crippen molar-refractivity contribution in [2.24, 2.45) is 0 Å². The Kier molecular flexibility index (Phi) is 6.32. The first kappa shape index (κ1) is 19.2. The van der Waals surface area contributed by atoms with E-state index in [2.05, 4.69) is 36.5 Å². The van der Waals surface area contributed by atoms with Crippen LogP contribution in [0.5, 0.6) is 0 Å². The van der Waals surface area contributed by atoms with Gasteiger partial charge in [0.2, 0.25) is 0 Å². The monoisotopic (exact) mass is 387 g/mol. The van der Waals surface area contributed by atoms with Gasteiger partial charge in [-0.25, -0.2) is 8.78 Å². The number of halogens is 2. The van der Waals surface area contributed by atoms with E-state index < -0.39 is 11.6 Å². The molecule has 3 rings (SSSR count). The molecule has 0 fully saturated rings. The number of thiophene rings is 1. The minimum atomic E-state index is -0.784. The fourth-order valence-electron chi connectivity index (χ4n) is 2.86. The Hall–Kier alpha value is -2.57. The third-order valence-electron chi connectivity index (χ3n) is 4.34. The van der Waals surface area contributed by atoms with Crippen LogP contribution in [0.1, 0.15) is 29.0 Å². The lowest BCUT2D eigenvalue weighted by atomic mass is 10.0. The molecule has 6 heteroatoms. The van der Waals surface area contributed by atoms with E-state index in [0.29, 0.717) is 0 Å². The summed E-state index contributed by atoms with van der Waals surface area (Å²) in [6.45, 7) is 2.23. The molecule has 1 aromatic heterocycles. The standard InChI is InChI=1S/C21H20F2N2OS/c1-2-14-5-7-15(8-6-14)21(19-4-3-11-27-19)24-13-20(26)25-18-10-9-16(22)12-17(18)23/h3-12,21,24H,2,13H2,1H3,(H,25,26)/p+1/t21-/m1/s1. The third-order valence-corrected chi connectivity index (χ3v) is 5.30. The van der Waals surface area contributed by atoms with Crippen molar-refractivity contribution in [3.63, 3.8) is 0 Å². The Balaban J connectivity index is 1.70. The predicted octanol–water partition coefficient (Wildman–Crippen LogP) is 3.88. The van der Waals surface area contributed by atoms with Crippen LogP contribution in [0.4, 0.5) is 14.5 Å². The number of rotatable bonds is 7. The molecular weight excluding hydrogens is 366 g/mol. The highest BCUT2D eigenvalue weighted by Gasteiger charge is 2.20. The summed E-state index contributed by atoms with van der Waals surface area (Å²) in [4.78, 5) is 13.4. The summed E-state index contributed by atoms with van der Waals surface area (Å²) in [5, 5.41) is 6.42. The fraction of sp³-hybridized carbons (Fsp3) is 0.190. The van der Waals surface area contributed by atoms with E-state index in [0.717, 1.165) is 29.0 Å². The van der Waals surface area contributed by atoms with Gasteiger partial charge in [0, 0.05) is 11.6 Å². The maximum atomic E-state index is 13.7. The van der Waals surface area contributed by atoms with Gasteiger partial charge in [-0.3, -0.25) is 4.79 Å². The number of quaternary nitrogens is 1. The first-order valence-corrected chi connectivity index (χ1v) is 9.65. The lowest BCUT2D eigenvalue weighted by molar-refractivity contribution is -0.675. The molecule has 3 N–H and O–H groups in total. The first-order chi connectivity index (χ1) is 13.1. The van der Waals surface area contributed by atoms with E-state index in [-0.39, 0.29) is 24.2 Å². The van der Waals surface area contributed by atoms with Crippen LogP contribution in [0, 0.1) is 11.6 Å². The summed E-state index contributed by atoms with van der Waals surface area (Å²) in [5.41, 5.74) is 2.35. The van der Waals surface area contributed by atoms with Crippen molar-refractivity contribution in [1.82, 2.24) is 0 Å². The van der Waals surface area contributed by atoms with E-state index in [9.17, 15) is 13.6 Å². The van der Waals surface area contributed by atoms with Crippen LogP contribution in [0.15, 0.2) is 60.0 Å². The molecule has 0 aliphatic heterocycles. The molecule has 1 amide bonds. The van der Waals surface area contributed by atoms with Gasteiger partial charge in [-0.05, 0) is 35.6 Å². The molecule has 0 aliphatic carbocycles. The van der Waals surface area contributed by atoms with Crippen molar-refractivity contribution in [2.45, 2.75) is 19.4 Å². The fourth-order valence-corrected chi connectivity index (χ4v) is 3.71. The second kappa shape index (κ2) is 8.88. The average molecular weight is 387 g/mol. The minimum Gasteiger partial charge on any atom is -0.328 e. The molecule has 140 valence electrons. The molecule has 0 saturated carbocycles. The second-order valence-electron chi connectivity index (χ2n) is 6.20. The van der Waals surface area contributed by atoms with Crippen LogP contribution in [0.25, 0.3) is 0 Å². The summed E-state index contributed by atoms with van der Waals surface area (Å²) in [7, 11) is 0. The van der Waals surface area contributed by atoms with E-state index in [1.54, 1.807) is 11.3 Å². The maximum absolute atomic E-state index is 13.7. The van der Waals surface area contributed by atoms with Gasteiger partial charge < -0.3 is 10.6 Å². The number of carbonyl (C=O) groups excluding carboxylic acids is 1. The van der Waals surface area contributed by atoms with Gasteiger partial charge in [-0.2, -0.15) is 0 Å². The van der Waals surface area contributed by atoms with Gasteiger partial charge in [0.05, 0.1) is 10.6 Å². The molecule has 0 unspecified atom stereocenters. The molecule has 0 spiro atoms. The number of hydrogen-bond acceptors (Lipinski definition) is 2. The molecular formula is C21H21F2N2OS+. The lowest BCUT2D eigenvalue weighted by Crippen LogP contribution is -2.87. The van der Waals surface area contributed by atoms with Crippen LogP contribution in [0.2, 0.25) is 0 Å². The number of nitrogens with two attached hydrogens (primary N) is 1. The minimum absolute atomic E-state index is 0.0141. The normalized spacial score (nSPS) is 12.0. The summed E-state index contributed by atoms with van der Waals surface area (Å²) < 4.78 is 26.7. The highest BCUT2D eigenvalue weighted by molar-refractivity contribution is 7.10. The maximum Gasteiger partial charge on any atom is 0.279 e. The summed E-state index contributed by atoms with van der Waals surface area (Å²) in [6.07, 6.45) is 0.972. The summed E-state index contributed by atoms with van der Waals surface area (Å²) >= 11 is 1.63. The molecule has 1 heterocycles. The lowest BCUT2D eigenvalue weighted by Gasteiger charge is -2.15. The number of nitrogens with one attached hydrogen (secondary N) is 1. The van der Waals surface area contributed by atoms with Crippen molar-refractivity contribution < 1.29 is 18.9 Å². The van der Waals surface area contributed by atoms with Gasteiger partial charge >= 0.3 is 0 Å². The third kappa shape index (κ3) is 4.99. The molecule has 3 nitrogen and oxygen atoms in total. The molecule has 0 bridgehead atoms. The van der Waals surface area contributed by atoms with Crippen molar-refractivity contribution in [2.75, 3.05) is 11.9 Å². The molecule has 1 atom stereocenters. The highest BCUT2D eigenvalue weighted by atomic mass is 32.1. The zero-order valence-corrected chi connectivity index (χ0v) is 15.7. The number of hydrogen-bond donors (Lipinski definition) is 2. The van der Waals surface area contributed by atoms with E-state index >= 15 is 0 Å². The predicted molar refractivity (Wildman–Crippen MR) is 104 cm³/mol. The van der Waals surface area contributed by atoms with Crippen LogP contribution in [0.3, 0.4) is 0 Å². The molecule has 3 aromatic rings. The van der Waals surface area contributed by atoms with Crippen LogP contribution >= 0.6 is 11.3 Å². The van der Waals surface area contributed by atoms with E-state index in [1.165, 1.54) is 11.6 Å². The van der Waals surface area contributed by atoms with Crippen molar-refractivity contribution >= 4 is 22.9 Å². The Labute approximate surface area is 161 Å². The Morgan fingerprint density at radius 1 is 1.15 bits per heavy atom. The molecule has 0 saturated heterocycles. The number of amides is 1. The summed E-state index contributed by atoms with van der Waals surface area (Å²) in [5.74, 6) is -1.80. The Morgan fingerprint density at radius 3 is 2.56 bits per heavy atom. The second-order valence-corrected chi connectivity index (χ2v) is 7.18. The topological polar surface area (TPSA) is 45.7 Å². The van der Waals surface area contributed by atoms with Crippen molar-refractivity contribution in [1.29, 1.82) is 0 Å². The van der Waals surface area contributed by atoms with Crippen LogP contribution in [-0.4, -0.2) is 12.5 Å². The Morgan fingerprint density at radius 2 is 1.93 bits per heavy atom. The quantitative estimate of drug-likeness (QED) is 0.635. The van der Waals surface area contributed by atoms with Gasteiger partial charge in [-0.1, -0.05) is 37.3 Å². The van der Waals surface area contributed by atoms with Crippen LogP contribution < -0.4 is 10.6 Å². The van der Waals surface area contributed by atoms with Gasteiger partial charge in [0.1, 0.15) is 17.7 Å². The zero-order valence-electron chi connectivity index (χ0n) is 14.9. The first-order valence-electron chi connectivity index (χ1n) is 8.77. The smallest absolute Gasteiger partial charge is 0.279 e. The number of anilines is 1. The van der Waals surface area contributed by atoms with E-state index in [1.807, 2.05) is 22.8 Å². The Bertz CT molecular complexity index is 895. The molecule has 0 aliphatic rings. The SMILES string of the molecule is CCc1ccc([C@@H]([NH2+]CC(=O)Nc2ccc(F)cc2F)c2cccs2)cc1.